The van der Waals surface area contributed by atoms with Crippen LogP contribution in [0.5, 0.6) is 0 Å². The Balaban J connectivity index is 1.25. The number of hydrogen-bond donors (Lipinski definition) is 3. The van der Waals surface area contributed by atoms with Crippen LogP contribution in [0.1, 0.15) is 53.1 Å². The van der Waals surface area contributed by atoms with Crippen molar-refractivity contribution in [3.8, 4) is 0 Å². The van der Waals surface area contributed by atoms with Gasteiger partial charge in [-0.3, -0.25) is 9.89 Å². The highest BCUT2D eigenvalue weighted by atomic mass is 35.5. The smallest absolute Gasteiger partial charge is 0.382 e. The van der Waals surface area contributed by atoms with Crippen LogP contribution in [-0.4, -0.2) is 39.8 Å². The molecule has 1 saturated carbocycles. The molecule has 0 bridgehead atoms. The summed E-state index contributed by atoms with van der Waals surface area (Å²) < 4.78 is 45.6. The van der Waals surface area contributed by atoms with Crippen LogP contribution in [0.25, 0.3) is 10.9 Å². The number of benzene rings is 1. The molecule has 1 amide bonds. The maximum atomic E-state index is 13.4. The standard InChI is InChI=1S/C23H23ClF3N5O2/c24-12-1-6-17-15(9-12)19(10-20(30-17)23(25,26)27)28-13-2-4-14(5-3-13)29-22(33)21-16-11-34-8-7-18(16)31-32-21/h1,6,9-10,13-14H,2-5,7-8,11H2,(H,28,30)(H,29,33)(H,31,32)/t13-,14+. The van der Waals surface area contributed by atoms with E-state index in [1.165, 1.54) is 12.1 Å². The molecule has 0 spiro atoms. The third-order valence-electron chi connectivity index (χ3n) is 6.39. The number of halogens is 4. The van der Waals surface area contributed by atoms with E-state index in [9.17, 15) is 18.0 Å². The van der Waals surface area contributed by atoms with Gasteiger partial charge in [0.25, 0.3) is 5.91 Å². The van der Waals surface area contributed by atoms with Crippen LogP contribution in [0, 0.1) is 0 Å². The van der Waals surface area contributed by atoms with E-state index in [0.717, 1.165) is 17.3 Å². The minimum absolute atomic E-state index is 0.0308. The fourth-order valence-corrected chi connectivity index (χ4v) is 4.79. The highest BCUT2D eigenvalue weighted by molar-refractivity contribution is 6.31. The number of carbonyl (C=O) groups excluding carboxylic acids is 1. The lowest BCUT2D eigenvalue weighted by Crippen LogP contribution is -2.40. The molecule has 2 aliphatic rings. The topological polar surface area (TPSA) is 91.9 Å². The predicted molar refractivity (Wildman–Crippen MR) is 121 cm³/mol. The number of carbonyl (C=O) groups is 1. The Hall–Kier alpha value is -2.85. The molecule has 11 heteroatoms. The Morgan fingerprint density at radius 3 is 2.68 bits per heavy atom. The van der Waals surface area contributed by atoms with Crippen molar-refractivity contribution in [2.45, 2.75) is 57.0 Å². The summed E-state index contributed by atoms with van der Waals surface area (Å²) in [4.78, 5) is 16.5. The number of amides is 1. The Bertz CT molecular complexity index is 1220. The number of aromatic amines is 1. The Morgan fingerprint density at radius 1 is 1.15 bits per heavy atom. The summed E-state index contributed by atoms with van der Waals surface area (Å²) in [5.74, 6) is -0.232. The van der Waals surface area contributed by atoms with Crippen molar-refractivity contribution in [3.05, 3.63) is 51.9 Å². The molecule has 2 aromatic heterocycles. The second kappa shape index (κ2) is 9.07. The number of H-pyrrole nitrogens is 1. The van der Waals surface area contributed by atoms with E-state index in [4.69, 9.17) is 16.3 Å². The van der Waals surface area contributed by atoms with Gasteiger partial charge in [-0.1, -0.05) is 11.6 Å². The second-order valence-corrected chi connectivity index (χ2v) is 9.15. The van der Waals surface area contributed by atoms with Gasteiger partial charge in [-0.15, -0.1) is 0 Å². The number of pyridine rings is 1. The van der Waals surface area contributed by atoms with Crippen molar-refractivity contribution in [2.75, 3.05) is 11.9 Å². The summed E-state index contributed by atoms with van der Waals surface area (Å²) in [7, 11) is 0. The van der Waals surface area contributed by atoms with Crippen molar-refractivity contribution in [1.29, 1.82) is 0 Å². The fourth-order valence-electron chi connectivity index (χ4n) is 4.62. The first-order chi connectivity index (χ1) is 16.3. The lowest BCUT2D eigenvalue weighted by Gasteiger charge is -2.30. The number of ether oxygens (including phenoxy) is 1. The fraction of sp³-hybridized carbons (Fsp3) is 0.435. The zero-order valence-corrected chi connectivity index (χ0v) is 18.9. The van der Waals surface area contributed by atoms with Crippen LogP contribution in [0.4, 0.5) is 18.9 Å². The van der Waals surface area contributed by atoms with Gasteiger partial charge in [-0.2, -0.15) is 18.3 Å². The summed E-state index contributed by atoms with van der Waals surface area (Å²) >= 11 is 6.08. The van der Waals surface area contributed by atoms with Gasteiger partial charge >= 0.3 is 6.18 Å². The van der Waals surface area contributed by atoms with E-state index >= 15 is 0 Å². The summed E-state index contributed by atoms with van der Waals surface area (Å²) in [6.07, 6.45) is -1.07. The van der Waals surface area contributed by atoms with Gasteiger partial charge in [-0.25, -0.2) is 4.98 Å². The van der Waals surface area contributed by atoms with E-state index in [2.05, 4.69) is 25.8 Å². The first-order valence-electron chi connectivity index (χ1n) is 11.2. The van der Waals surface area contributed by atoms with E-state index in [0.29, 0.717) is 67.1 Å². The third-order valence-corrected chi connectivity index (χ3v) is 6.63. The summed E-state index contributed by atoms with van der Waals surface area (Å²) in [6.45, 7) is 0.978. The third kappa shape index (κ3) is 4.69. The molecule has 5 rings (SSSR count). The first-order valence-corrected chi connectivity index (χ1v) is 11.5. The van der Waals surface area contributed by atoms with E-state index < -0.39 is 11.9 Å². The Labute approximate surface area is 198 Å². The SMILES string of the molecule is O=C(N[C@H]1CC[C@@H](Nc2cc(C(F)(F)F)nc3ccc(Cl)cc23)CC1)c1n[nH]c2c1COCC2. The molecule has 1 aliphatic heterocycles. The molecule has 34 heavy (non-hydrogen) atoms. The van der Waals surface area contributed by atoms with Crippen molar-refractivity contribution >= 4 is 34.1 Å². The molecule has 7 nitrogen and oxygen atoms in total. The maximum absolute atomic E-state index is 13.4. The van der Waals surface area contributed by atoms with Crippen molar-refractivity contribution < 1.29 is 22.7 Å². The minimum Gasteiger partial charge on any atom is -0.382 e. The molecule has 0 saturated heterocycles. The van der Waals surface area contributed by atoms with Gasteiger partial charge in [0, 0.05) is 45.9 Å². The van der Waals surface area contributed by atoms with E-state index in [-0.39, 0.29) is 23.5 Å². The molecule has 1 aliphatic carbocycles. The van der Waals surface area contributed by atoms with Crippen LogP contribution in [-0.2, 0) is 23.9 Å². The minimum atomic E-state index is -4.55. The van der Waals surface area contributed by atoms with Gasteiger partial charge in [0.2, 0.25) is 0 Å². The molecule has 1 fully saturated rings. The number of rotatable bonds is 4. The number of nitrogens with zero attached hydrogens (tertiary/aromatic N) is 2. The zero-order valence-electron chi connectivity index (χ0n) is 18.1. The van der Waals surface area contributed by atoms with Gasteiger partial charge in [0.1, 0.15) is 5.69 Å². The van der Waals surface area contributed by atoms with Crippen molar-refractivity contribution in [2.24, 2.45) is 0 Å². The van der Waals surface area contributed by atoms with Gasteiger partial charge in [0.05, 0.1) is 18.7 Å². The molecule has 3 aromatic rings. The summed E-state index contributed by atoms with van der Waals surface area (Å²) in [6, 6.07) is 5.60. The van der Waals surface area contributed by atoms with Gasteiger partial charge in [0.15, 0.2) is 5.69 Å². The van der Waals surface area contributed by atoms with Gasteiger partial charge in [-0.05, 0) is 49.9 Å². The lowest BCUT2D eigenvalue weighted by atomic mass is 9.90. The van der Waals surface area contributed by atoms with Crippen molar-refractivity contribution in [1.82, 2.24) is 20.5 Å². The molecular formula is C23H23ClF3N5O2. The molecule has 0 radical (unpaired) electrons. The molecule has 3 heterocycles. The summed E-state index contributed by atoms with van der Waals surface area (Å²) in [5.41, 5.74) is 1.76. The number of hydrogen-bond acceptors (Lipinski definition) is 5. The van der Waals surface area contributed by atoms with Crippen LogP contribution in [0.15, 0.2) is 24.3 Å². The maximum Gasteiger partial charge on any atom is 0.433 e. The molecule has 3 N–H and O–H groups in total. The molecule has 1 aromatic carbocycles. The predicted octanol–water partition coefficient (Wildman–Crippen LogP) is 4.86. The highest BCUT2D eigenvalue weighted by Crippen LogP contribution is 2.35. The van der Waals surface area contributed by atoms with E-state index in [1.54, 1.807) is 6.07 Å². The molecular weight excluding hydrogens is 471 g/mol. The molecule has 180 valence electrons. The van der Waals surface area contributed by atoms with Crippen LogP contribution in [0.2, 0.25) is 5.02 Å². The first kappa shape index (κ1) is 22.9. The largest absolute Gasteiger partial charge is 0.433 e. The average molecular weight is 494 g/mol. The zero-order chi connectivity index (χ0) is 23.9. The normalized spacial score (nSPS) is 20.7. The Kier molecular flexibility index (Phi) is 6.11. The van der Waals surface area contributed by atoms with E-state index in [1.807, 2.05) is 0 Å². The quantitative estimate of drug-likeness (QED) is 0.483. The highest BCUT2D eigenvalue weighted by Gasteiger charge is 2.34. The number of aromatic nitrogens is 3. The monoisotopic (exact) mass is 493 g/mol. The number of nitrogens with one attached hydrogen (secondary N) is 3. The number of fused-ring (bicyclic) bond motifs is 2. The lowest BCUT2D eigenvalue weighted by molar-refractivity contribution is -0.140. The molecule has 0 atom stereocenters. The Morgan fingerprint density at radius 2 is 1.91 bits per heavy atom. The van der Waals surface area contributed by atoms with Crippen LogP contribution < -0.4 is 10.6 Å². The average Bonchev–Trinajstić information content (AvgIpc) is 3.24. The van der Waals surface area contributed by atoms with Crippen molar-refractivity contribution in [3.63, 3.8) is 0 Å². The van der Waals surface area contributed by atoms with Crippen LogP contribution in [0.3, 0.4) is 0 Å². The molecule has 0 unspecified atom stereocenters. The second-order valence-electron chi connectivity index (χ2n) is 8.71. The van der Waals surface area contributed by atoms with Crippen LogP contribution >= 0.6 is 11.6 Å². The summed E-state index contributed by atoms with van der Waals surface area (Å²) in [5, 5.41) is 14.3. The van der Waals surface area contributed by atoms with Gasteiger partial charge < -0.3 is 15.4 Å². The number of anilines is 1. The number of alkyl halides is 3.